The number of carbonyl (C=O) groups excluding carboxylic acids is 1. The zero-order valence-electron chi connectivity index (χ0n) is 17.4. The number of carbonyl (C=O) groups is 1. The highest BCUT2D eigenvalue weighted by Gasteiger charge is 2.11. The van der Waals surface area contributed by atoms with E-state index in [1.807, 2.05) is 47.0 Å². The molecule has 0 radical (unpaired) electrons. The van der Waals surface area contributed by atoms with E-state index in [1.54, 1.807) is 36.9 Å². The van der Waals surface area contributed by atoms with Gasteiger partial charge in [0.25, 0.3) is 5.91 Å². The second-order valence-electron chi connectivity index (χ2n) is 7.26. The molecule has 0 saturated heterocycles. The summed E-state index contributed by atoms with van der Waals surface area (Å²) < 4.78 is 1.87. The van der Waals surface area contributed by atoms with Gasteiger partial charge in [-0.25, -0.2) is 9.97 Å². The molecule has 5 rings (SSSR count). The van der Waals surface area contributed by atoms with Gasteiger partial charge in [-0.15, -0.1) is 0 Å². The summed E-state index contributed by atoms with van der Waals surface area (Å²) in [6.45, 7) is 0.289. The summed E-state index contributed by atoms with van der Waals surface area (Å²) in [5.74, 6) is 0.394. The number of aromatic nitrogens is 5. The van der Waals surface area contributed by atoms with Crippen molar-refractivity contribution in [2.75, 3.05) is 5.32 Å². The summed E-state index contributed by atoms with van der Waals surface area (Å²) in [7, 11) is 0. The largest absolute Gasteiger partial charge is 0.346 e. The van der Waals surface area contributed by atoms with Gasteiger partial charge in [-0.1, -0.05) is 18.2 Å². The molecule has 0 aliphatic rings. The van der Waals surface area contributed by atoms with Gasteiger partial charge in [-0.05, 0) is 30.3 Å². The molecular weight excluding hydrogens is 418 g/mol. The summed E-state index contributed by atoms with van der Waals surface area (Å²) >= 11 is 0. The maximum absolute atomic E-state index is 12.3. The number of benzene rings is 1. The Balaban J connectivity index is 1.36. The van der Waals surface area contributed by atoms with Crippen LogP contribution in [0.1, 0.15) is 16.1 Å². The highest BCUT2D eigenvalue weighted by Crippen LogP contribution is 2.24. The van der Waals surface area contributed by atoms with Crippen molar-refractivity contribution < 1.29 is 4.79 Å². The lowest BCUT2D eigenvalue weighted by molar-refractivity contribution is 0.0950. The molecule has 0 spiro atoms. The van der Waals surface area contributed by atoms with E-state index in [4.69, 9.17) is 0 Å². The standard InChI is InChI=1S/C24H19N7O2/c32-21-12-17(6-8-26-21)20-15-28-22(23-27-10-11-31(20)23)30-18-7-9-25-19(13-18)14-29-24(33)16-4-2-1-3-5-16/h1-13,15H,14H2,(H,26,32)(H,29,33)(H,25,28,30). The van der Waals surface area contributed by atoms with Crippen LogP contribution in [0.4, 0.5) is 11.5 Å². The van der Waals surface area contributed by atoms with Crippen LogP contribution in [0, 0.1) is 0 Å². The zero-order chi connectivity index (χ0) is 22.6. The number of imidazole rings is 1. The maximum atomic E-state index is 12.3. The summed E-state index contributed by atoms with van der Waals surface area (Å²) in [5, 5.41) is 6.14. The van der Waals surface area contributed by atoms with Crippen LogP contribution in [-0.4, -0.2) is 30.2 Å². The van der Waals surface area contributed by atoms with Crippen molar-refractivity contribution in [2.24, 2.45) is 0 Å². The van der Waals surface area contributed by atoms with Crippen molar-refractivity contribution in [2.45, 2.75) is 6.54 Å². The molecule has 0 aliphatic heterocycles. The van der Waals surface area contributed by atoms with Gasteiger partial charge in [-0.3, -0.25) is 19.0 Å². The Bertz CT molecular complexity index is 1490. The number of anilines is 2. The van der Waals surface area contributed by atoms with Gasteiger partial charge in [0, 0.05) is 47.7 Å². The van der Waals surface area contributed by atoms with E-state index >= 15 is 0 Å². The fourth-order valence-corrected chi connectivity index (χ4v) is 3.48. The number of fused-ring (bicyclic) bond motifs is 1. The van der Waals surface area contributed by atoms with Gasteiger partial charge in [0.05, 0.1) is 24.1 Å². The second kappa shape index (κ2) is 8.75. The number of hydrogen-bond donors (Lipinski definition) is 3. The van der Waals surface area contributed by atoms with Gasteiger partial charge < -0.3 is 15.6 Å². The molecule has 0 unspecified atom stereocenters. The third kappa shape index (κ3) is 4.33. The molecule has 0 fully saturated rings. The third-order valence-electron chi connectivity index (χ3n) is 5.04. The molecule has 9 nitrogen and oxygen atoms in total. The third-order valence-corrected chi connectivity index (χ3v) is 5.04. The molecule has 0 saturated carbocycles. The molecule has 0 bridgehead atoms. The van der Waals surface area contributed by atoms with E-state index in [0.29, 0.717) is 22.7 Å². The van der Waals surface area contributed by atoms with Crippen molar-refractivity contribution in [1.82, 2.24) is 29.7 Å². The quantitative estimate of drug-likeness (QED) is 0.376. The van der Waals surface area contributed by atoms with Gasteiger partial charge in [-0.2, -0.15) is 0 Å². The maximum Gasteiger partial charge on any atom is 0.251 e. The SMILES string of the molecule is O=C(NCc1cc(Nc2ncc(-c3cc[nH]c(=O)c3)n3ccnc23)ccn1)c1ccccc1. The first kappa shape index (κ1) is 20.1. The minimum atomic E-state index is -0.188. The van der Waals surface area contributed by atoms with E-state index in [1.165, 1.54) is 6.07 Å². The van der Waals surface area contributed by atoms with Crippen molar-refractivity contribution in [1.29, 1.82) is 0 Å². The van der Waals surface area contributed by atoms with E-state index in [0.717, 1.165) is 16.9 Å². The van der Waals surface area contributed by atoms with Crippen molar-refractivity contribution in [3.63, 3.8) is 0 Å². The first-order valence-electron chi connectivity index (χ1n) is 10.2. The average Bonchev–Trinajstić information content (AvgIpc) is 3.34. The molecular formula is C24H19N7O2. The first-order valence-corrected chi connectivity index (χ1v) is 10.2. The van der Waals surface area contributed by atoms with Crippen LogP contribution in [-0.2, 0) is 6.54 Å². The van der Waals surface area contributed by atoms with Gasteiger partial charge >= 0.3 is 0 Å². The monoisotopic (exact) mass is 437 g/mol. The number of amides is 1. The lowest BCUT2D eigenvalue weighted by atomic mass is 10.2. The summed E-state index contributed by atoms with van der Waals surface area (Å²) in [4.78, 5) is 39.9. The predicted octanol–water partition coefficient (Wildman–Crippen LogP) is 3.15. The van der Waals surface area contributed by atoms with Crippen LogP contribution in [0.5, 0.6) is 0 Å². The fraction of sp³-hybridized carbons (Fsp3) is 0.0417. The predicted molar refractivity (Wildman–Crippen MR) is 124 cm³/mol. The number of pyridine rings is 2. The highest BCUT2D eigenvalue weighted by atomic mass is 16.1. The molecule has 3 N–H and O–H groups in total. The molecule has 4 aromatic heterocycles. The molecule has 5 aromatic rings. The summed E-state index contributed by atoms with van der Waals surface area (Å²) in [6.07, 6.45) is 8.45. The zero-order valence-corrected chi connectivity index (χ0v) is 17.4. The summed E-state index contributed by atoms with van der Waals surface area (Å²) in [5.41, 5.74) is 3.96. The Kier molecular flexibility index (Phi) is 5.34. The first-order chi connectivity index (χ1) is 16.2. The molecule has 0 atom stereocenters. The van der Waals surface area contributed by atoms with Crippen LogP contribution in [0.15, 0.2) is 90.4 Å². The Labute approximate surface area is 188 Å². The molecule has 1 amide bonds. The lowest BCUT2D eigenvalue weighted by Crippen LogP contribution is -2.23. The number of nitrogens with one attached hydrogen (secondary N) is 3. The molecule has 162 valence electrons. The minimum Gasteiger partial charge on any atom is -0.346 e. The Morgan fingerprint density at radius 3 is 2.73 bits per heavy atom. The number of nitrogens with zero attached hydrogens (tertiary/aromatic N) is 4. The number of aromatic amines is 1. The van der Waals surface area contributed by atoms with Gasteiger partial charge in [0.2, 0.25) is 5.56 Å². The van der Waals surface area contributed by atoms with Crippen LogP contribution < -0.4 is 16.2 Å². The molecule has 4 heterocycles. The molecule has 9 heteroatoms. The van der Waals surface area contributed by atoms with Crippen LogP contribution in [0.25, 0.3) is 16.9 Å². The van der Waals surface area contributed by atoms with E-state index in [2.05, 4.69) is 30.6 Å². The topological polar surface area (TPSA) is 117 Å². The van der Waals surface area contributed by atoms with E-state index in [-0.39, 0.29) is 18.0 Å². The fourth-order valence-electron chi connectivity index (χ4n) is 3.48. The normalized spacial score (nSPS) is 10.8. The molecule has 33 heavy (non-hydrogen) atoms. The van der Waals surface area contributed by atoms with E-state index < -0.39 is 0 Å². The summed E-state index contributed by atoms with van der Waals surface area (Å²) in [6, 6.07) is 16.0. The Morgan fingerprint density at radius 2 is 1.88 bits per heavy atom. The number of hydrogen-bond acceptors (Lipinski definition) is 6. The smallest absolute Gasteiger partial charge is 0.251 e. The van der Waals surface area contributed by atoms with Crippen LogP contribution in [0.2, 0.25) is 0 Å². The van der Waals surface area contributed by atoms with Crippen molar-refractivity contribution in [3.8, 4) is 11.3 Å². The van der Waals surface area contributed by atoms with Gasteiger partial charge in [0.15, 0.2) is 11.5 Å². The second-order valence-corrected chi connectivity index (χ2v) is 7.26. The Morgan fingerprint density at radius 1 is 1.00 bits per heavy atom. The van der Waals surface area contributed by atoms with Crippen LogP contribution in [0.3, 0.4) is 0 Å². The molecule has 0 aliphatic carbocycles. The average molecular weight is 437 g/mol. The number of rotatable bonds is 6. The Hall–Kier alpha value is -4.79. The van der Waals surface area contributed by atoms with E-state index in [9.17, 15) is 9.59 Å². The van der Waals surface area contributed by atoms with Crippen molar-refractivity contribution >= 4 is 23.1 Å². The lowest BCUT2D eigenvalue weighted by Gasteiger charge is -2.11. The molecule has 1 aromatic carbocycles. The van der Waals surface area contributed by atoms with Crippen molar-refractivity contribution in [3.05, 3.63) is 107 Å². The van der Waals surface area contributed by atoms with Gasteiger partial charge in [0.1, 0.15) is 0 Å². The minimum absolute atomic E-state index is 0.160. The van der Waals surface area contributed by atoms with Crippen LogP contribution >= 0.6 is 0 Å². The highest BCUT2D eigenvalue weighted by molar-refractivity contribution is 5.94. The number of H-pyrrole nitrogens is 1.